The molecule has 0 aliphatic carbocycles. The van der Waals surface area contributed by atoms with Crippen LogP contribution in [0.3, 0.4) is 0 Å². The molecule has 4 rings (SSSR count). The zero-order valence-electron chi connectivity index (χ0n) is 16.0. The summed E-state index contributed by atoms with van der Waals surface area (Å²) in [6, 6.07) is 15.2. The van der Waals surface area contributed by atoms with Crippen molar-refractivity contribution >= 4 is 39.9 Å². The predicted octanol–water partition coefficient (Wildman–Crippen LogP) is 3.59. The molecule has 2 heterocycles. The minimum absolute atomic E-state index is 0.0758. The van der Waals surface area contributed by atoms with Crippen molar-refractivity contribution in [1.29, 1.82) is 0 Å². The smallest absolute Gasteiger partial charge is 0.192 e. The van der Waals surface area contributed by atoms with Gasteiger partial charge in [0, 0.05) is 5.39 Å². The van der Waals surface area contributed by atoms with Crippen LogP contribution in [0.4, 0.5) is 0 Å². The highest BCUT2D eigenvalue weighted by Crippen LogP contribution is 2.30. The zero-order valence-corrected chi connectivity index (χ0v) is 16.8. The Labute approximate surface area is 171 Å². The number of rotatable bonds is 7. The largest absolute Gasteiger partial charge is 0.496 e. The number of carbonyl (C=O) groups excluding carboxylic acids is 2. The summed E-state index contributed by atoms with van der Waals surface area (Å²) in [6.07, 6.45) is -0.0758. The van der Waals surface area contributed by atoms with Gasteiger partial charge in [-0.3, -0.25) is 9.59 Å². The minimum atomic E-state index is -0.147. The van der Waals surface area contributed by atoms with E-state index in [1.165, 1.54) is 18.7 Å². The molecular weight excluding hydrogens is 388 g/mol. The Morgan fingerprint density at radius 3 is 2.62 bits per heavy atom. The number of hydrogen-bond acceptors (Lipinski definition) is 7. The second-order valence-corrected chi connectivity index (χ2v) is 7.43. The molecule has 0 amide bonds. The summed E-state index contributed by atoms with van der Waals surface area (Å²) in [4.78, 5) is 32.6. The van der Waals surface area contributed by atoms with Gasteiger partial charge in [-0.1, -0.05) is 36.0 Å². The van der Waals surface area contributed by atoms with Gasteiger partial charge < -0.3 is 4.74 Å². The molecule has 7 nitrogen and oxygen atoms in total. The van der Waals surface area contributed by atoms with Crippen LogP contribution < -0.4 is 4.74 Å². The fourth-order valence-corrected chi connectivity index (χ4v) is 3.85. The maximum atomic E-state index is 12.0. The summed E-state index contributed by atoms with van der Waals surface area (Å²) in [5.41, 5.74) is 2.19. The maximum absolute atomic E-state index is 12.0. The monoisotopic (exact) mass is 406 g/mol. The van der Waals surface area contributed by atoms with Crippen LogP contribution in [0.25, 0.3) is 27.9 Å². The molecule has 2 aromatic carbocycles. The molecule has 29 heavy (non-hydrogen) atoms. The van der Waals surface area contributed by atoms with Gasteiger partial charge in [0.05, 0.1) is 30.4 Å². The van der Waals surface area contributed by atoms with E-state index in [1.807, 2.05) is 48.5 Å². The van der Waals surface area contributed by atoms with Crippen LogP contribution in [0.15, 0.2) is 53.7 Å². The van der Waals surface area contributed by atoms with E-state index in [4.69, 9.17) is 9.72 Å². The van der Waals surface area contributed by atoms with Crippen LogP contribution in [0.1, 0.15) is 13.3 Å². The van der Waals surface area contributed by atoms with Gasteiger partial charge in [0.2, 0.25) is 0 Å². The van der Waals surface area contributed by atoms with Crippen LogP contribution in [0.5, 0.6) is 5.75 Å². The van der Waals surface area contributed by atoms with Crippen LogP contribution in [-0.2, 0) is 9.59 Å². The SMILES string of the molecule is COc1ccccc1-c1nc2c3ccccc3nc(SCC(=O)CC(C)=O)n2n1. The lowest BCUT2D eigenvalue weighted by Crippen LogP contribution is -2.08. The summed E-state index contributed by atoms with van der Waals surface area (Å²) < 4.78 is 7.09. The van der Waals surface area contributed by atoms with E-state index in [0.717, 1.165) is 16.5 Å². The number of Topliss-reactive ketones (excluding diaryl/α,β-unsaturated/α-hetero) is 2. The van der Waals surface area contributed by atoms with E-state index >= 15 is 0 Å². The van der Waals surface area contributed by atoms with Crippen molar-refractivity contribution in [2.24, 2.45) is 0 Å². The molecule has 0 aliphatic rings. The molecule has 0 fully saturated rings. The van der Waals surface area contributed by atoms with Gasteiger partial charge in [-0.05, 0) is 31.2 Å². The Kier molecular flexibility index (Phi) is 5.26. The Balaban J connectivity index is 1.83. The molecule has 4 aromatic rings. The number of aromatic nitrogens is 4. The first-order valence-electron chi connectivity index (χ1n) is 8.99. The highest BCUT2D eigenvalue weighted by atomic mass is 32.2. The van der Waals surface area contributed by atoms with Gasteiger partial charge in [-0.2, -0.15) is 4.52 Å². The number of ketones is 2. The molecule has 8 heteroatoms. The third kappa shape index (κ3) is 3.84. The molecular formula is C21H18N4O3S. The van der Waals surface area contributed by atoms with Gasteiger partial charge in [0.1, 0.15) is 11.5 Å². The molecule has 0 N–H and O–H groups in total. The number of thioether (sulfide) groups is 1. The number of hydrogen-bond donors (Lipinski definition) is 0. The number of ether oxygens (including phenoxy) is 1. The molecule has 0 spiro atoms. The highest BCUT2D eigenvalue weighted by molar-refractivity contribution is 7.99. The average molecular weight is 406 g/mol. The maximum Gasteiger partial charge on any atom is 0.192 e. The summed E-state index contributed by atoms with van der Waals surface area (Å²) >= 11 is 1.25. The summed E-state index contributed by atoms with van der Waals surface area (Å²) in [7, 11) is 1.60. The molecule has 0 aliphatic heterocycles. The van der Waals surface area contributed by atoms with E-state index in [0.29, 0.717) is 22.4 Å². The van der Waals surface area contributed by atoms with Crippen molar-refractivity contribution in [3.8, 4) is 17.1 Å². The lowest BCUT2D eigenvalue weighted by Gasteiger charge is -2.05. The molecule has 0 saturated carbocycles. The Bertz CT molecular complexity index is 1240. The molecule has 0 radical (unpaired) electrons. The van der Waals surface area contributed by atoms with Crippen molar-refractivity contribution in [1.82, 2.24) is 19.6 Å². The van der Waals surface area contributed by atoms with Gasteiger partial charge in [0.15, 0.2) is 22.4 Å². The third-order valence-electron chi connectivity index (χ3n) is 4.31. The minimum Gasteiger partial charge on any atom is -0.496 e. The van der Waals surface area contributed by atoms with Gasteiger partial charge >= 0.3 is 0 Å². The van der Waals surface area contributed by atoms with Gasteiger partial charge in [-0.15, -0.1) is 5.10 Å². The van der Waals surface area contributed by atoms with Gasteiger partial charge in [0.25, 0.3) is 0 Å². The number of carbonyl (C=O) groups is 2. The predicted molar refractivity (Wildman–Crippen MR) is 111 cm³/mol. The molecule has 0 unspecified atom stereocenters. The highest BCUT2D eigenvalue weighted by Gasteiger charge is 2.18. The molecule has 0 bridgehead atoms. The van der Waals surface area contributed by atoms with Crippen molar-refractivity contribution in [3.63, 3.8) is 0 Å². The van der Waals surface area contributed by atoms with Crippen LogP contribution in [-0.4, -0.2) is 44.0 Å². The van der Waals surface area contributed by atoms with Crippen molar-refractivity contribution < 1.29 is 14.3 Å². The first-order chi connectivity index (χ1) is 14.1. The van der Waals surface area contributed by atoms with E-state index < -0.39 is 0 Å². The second-order valence-electron chi connectivity index (χ2n) is 6.49. The van der Waals surface area contributed by atoms with E-state index in [9.17, 15) is 9.59 Å². The van der Waals surface area contributed by atoms with Crippen molar-refractivity contribution in [2.75, 3.05) is 12.9 Å². The number of para-hydroxylation sites is 2. The topological polar surface area (TPSA) is 86.5 Å². The van der Waals surface area contributed by atoms with Crippen LogP contribution in [0.2, 0.25) is 0 Å². The van der Waals surface area contributed by atoms with E-state index in [1.54, 1.807) is 11.6 Å². The average Bonchev–Trinajstić information content (AvgIpc) is 3.17. The van der Waals surface area contributed by atoms with E-state index in [2.05, 4.69) is 10.1 Å². The fraction of sp³-hybridized carbons (Fsp3) is 0.190. The zero-order chi connectivity index (χ0) is 20.4. The summed E-state index contributed by atoms with van der Waals surface area (Å²) in [5, 5.41) is 6.05. The Morgan fingerprint density at radius 1 is 1.07 bits per heavy atom. The normalized spacial score (nSPS) is 11.1. The Hall–Kier alpha value is -3.26. The van der Waals surface area contributed by atoms with Crippen molar-refractivity contribution in [3.05, 3.63) is 48.5 Å². The molecule has 2 aromatic heterocycles. The lowest BCUT2D eigenvalue weighted by molar-refractivity contribution is -0.124. The Morgan fingerprint density at radius 2 is 1.83 bits per heavy atom. The lowest BCUT2D eigenvalue weighted by atomic mass is 10.2. The van der Waals surface area contributed by atoms with Crippen LogP contribution >= 0.6 is 11.8 Å². The third-order valence-corrected chi connectivity index (χ3v) is 5.29. The van der Waals surface area contributed by atoms with Crippen molar-refractivity contribution in [2.45, 2.75) is 18.5 Å². The van der Waals surface area contributed by atoms with E-state index in [-0.39, 0.29) is 23.7 Å². The van der Waals surface area contributed by atoms with Crippen LogP contribution in [0, 0.1) is 0 Å². The first-order valence-corrected chi connectivity index (χ1v) is 9.98. The standard InChI is InChI=1S/C21H18N4O3S/c1-13(26)11-14(27)12-29-21-22-17-9-5-3-7-15(17)20-23-19(24-25(20)21)16-8-4-6-10-18(16)28-2/h3-10H,11-12H2,1-2H3. The number of benzene rings is 2. The number of methoxy groups -OCH3 is 1. The molecule has 146 valence electrons. The van der Waals surface area contributed by atoms with Gasteiger partial charge in [-0.25, -0.2) is 9.97 Å². The number of fused-ring (bicyclic) bond motifs is 3. The number of nitrogens with zero attached hydrogens (tertiary/aromatic N) is 4. The summed E-state index contributed by atoms with van der Waals surface area (Å²) in [5.74, 6) is 1.04. The first kappa shape index (κ1) is 19.1. The quantitative estimate of drug-likeness (QED) is 0.263. The summed E-state index contributed by atoms with van der Waals surface area (Å²) in [6.45, 7) is 1.41. The fourth-order valence-electron chi connectivity index (χ4n) is 3.04. The molecule has 0 atom stereocenters. The second kappa shape index (κ2) is 8.00. The molecule has 0 saturated heterocycles.